The molecule has 1 aromatic heterocycles. The highest BCUT2D eigenvalue weighted by atomic mass is 32.1. The van der Waals surface area contributed by atoms with E-state index in [4.69, 9.17) is 32.2 Å². The lowest BCUT2D eigenvalue weighted by atomic mass is 10.0. The predicted molar refractivity (Wildman–Crippen MR) is 161 cm³/mol. The fourth-order valence-corrected chi connectivity index (χ4v) is 4.91. The number of benzene rings is 3. The van der Waals surface area contributed by atoms with Crippen LogP contribution in [0.5, 0.6) is 0 Å². The van der Waals surface area contributed by atoms with Gasteiger partial charge in [0.1, 0.15) is 24.9 Å². The number of aliphatic hydroxyl groups excluding tert-OH is 3. The molecule has 3 aromatic carbocycles. The number of ether oxygens (including phenoxy) is 3. The number of aliphatic hydroxyl groups is 3. The van der Waals surface area contributed by atoms with Crippen LogP contribution in [0.4, 0.5) is 10.7 Å². The zero-order valence-corrected chi connectivity index (χ0v) is 24.1. The highest BCUT2D eigenvalue weighted by Crippen LogP contribution is 2.34. The Morgan fingerprint density at radius 3 is 2.05 bits per heavy atom. The maximum atomic E-state index is 13.6. The summed E-state index contributed by atoms with van der Waals surface area (Å²) < 4.78 is 18.1. The lowest BCUT2D eigenvalue weighted by molar-refractivity contribution is -0.0520. The molecule has 0 unspecified atom stereocenters. The quantitative estimate of drug-likeness (QED) is 0.161. The number of nitrogens with zero attached hydrogens (tertiary/aromatic N) is 3. The summed E-state index contributed by atoms with van der Waals surface area (Å²) >= 11 is 5.15. The molecule has 5 N–H and O–H groups in total. The van der Waals surface area contributed by atoms with Crippen LogP contribution in [0.2, 0.25) is 0 Å². The molecule has 1 saturated heterocycles. The van der Waals surface area contributed by atoms with Crippen LogP contribution in [-0.2, 0) is 20.8 Å². The minimum Gasteiger partial charge on any atom is -0.448 e. The highest BCUT2D eigenvalue weighted by molar-refractivity contribution is 7.80. The Morgan fingerprint density at radius 2 is 1.52 bits per heavy atom. The molecule has 0 aliphatic carbocycles. The number of anilines is 1. The molecular formula is C31H30N4O8S. The van der Waals surface area contributed by atoms with E-state index in [-0.39, 0.29) is 18.2 Å². The van der Waals surface area contributed by atoms with Crippen LogP contribution >= 0.6 is 12.2 Å². The van der Waals surface area contributed by atoms with Crippen molar-refractivity contribution in [3.05, 3.63) is 120 Å². The molecule has 1 amide bonds. The molecule has 1 aliphatic heterocycles. The number of hydrogen-bond acceptors (Lipinski definition) is 10. The fourth-order valence-electron chi connectivity index (χ4n) is 4.75. The summed E-state index contributed by atoms with van der Waals surface area (Å²) in [7, 11) is 0. The van der Waals surface area contributed by atoms with Crippen LogP contribution in [0.25, 0.3) is 0 Å². The molecular weight excluding hydrogens is 588 g/mol. The first-order chi connectivity index (χ1) is 21.3. The van der Waals surface area contributed by atoms with Crippen molar-refractivity contribution in [3.63, 3.8) is 0 Å². The third-order valence-corrected chi connectivity index (χ3v) is 7.13. The van der Waals surface area contributed by atoms with Gasteiger partial charge >= 0.3 is 12.1 Å². The smallest absolute Gasteiger partial charge is 0.423 e. The molecule has 5 rings (SSSR count). The molecule has 1 aliphatic rings. The number of carbonyl (C=O) groups is 2. The van der Waals surface area contributed by atoms with E-state index in [1.54, 1.807) is 24.3 Å². The van der Waals surface area contributed by atoms with E-state index < -0.39 is 54.4 Å². The first-order valence-electron chi connectivity index (χ1n) is 13.6. The van der Waals surface area contributed by atoms with Gasteiger partial charge in [0.05, 0.1) is 6.61 Å². The van der Waals surface area contributed by atoms with E-state index in [0.29, 0.717) is 16.7 Å². The average molecular weight is 619 g/mol. The largest absolute Gasteiger partial charge is 0.448 e. The van der Waals surface area contributed by atoms with Gasteiger partial charge in [-0.1, -0.05) is 91.0 Å². The van der Waals surface area contributed by atoms with Gasteiger partial charge in [0.25, 0.3) is 0 Å². The second-order valence-corrected chi connectivity index (χ2v) is 10.3. The van der Waals surface area contributed by atoms with Gasteiger partial charge in [-0.05, 0) is 28.9 Å². The van der Waals surface area contributed by atoms with Crippen LogP contribution < -0.4 is 10.6 Å². The zero-order valence-electron chi connectivity index (χ0n) is 23.2. The molecule has 12 nitrogen and oxygen atoms in total. The summed E-state index contributed by atoms with van der Waals surface area (Å²) in [6, 6.07) is 27.0. The van der Waals surface area contributed by atoms with Crippen LogP contribution in [0.3, 0.4) is 0 Å². The normalized spacial score (nSPS) is 19.5. The summed E-state index contributed by atoms with van der Waals surface area (Å²) in [6.45, 7) is -0.736. The van der Waals surface area contributed by atoms with Gasteiger partial charge in [0.2, 0.25) is 5.95 Å². The van der Waals surface area contributed by atoms with E-state index in [0.717, 1.165) is 9.47 Å². The predicted octanol–water partition coefficient (Wildman–Crippen LogP) is 2.83. The van der Waals surface area contributed by atoms with E-state index in [1.807, 2.05) is 66.7 Å². The van der Waals surface area contributed by atoms with Crippen molar-refractivity contribution in [3.8, 4) is 0 Å². The number of esters is 1. The Kier molecular flexibility index (Phi) is 9.62. The number of amides is 1. The molecule has 44 heavy (non-hydrogen) atoms. The lowest BCUT2D eigenvalue weighted by Gasteiger charge is -2.24. The Balaban J connectivity index is 1.51. The summed E-state index contributed by atoms with van der Waals surface area (Å²) in [4.78, 5) is 32.0. The van der Waals surface area contributed by atoms with Crippen molar-refractivity contribution in [1.82, 2.24) is 9.55 Å². The third kappa shape index (κ3) is 6.61. The molecule has 0 radical (unpaired) electrons. The first-order valence-corrected chi connectivity index (χ1v) is 14.0. The maximum Gasteiger partial charge on any atom is 0.423 e. The second kappa shape index (κ2) is 13.8. The molecule has 13 heteroatoms. The van der Waals surface area contributed by atoms with Gasteiger partial charge in [0.15, 0.2) is 23.1 Å². The molecule has 4 atom stereocenters. The number of hydrogen-bond donors (Lipinski definition) is 4. The Bertz CT molecular complexity index is 1550. The van der Waals surface area contributed by atoms with Crippen molar-refractivity contribution < 1.29 is 39.1 Å². The van der Waals surface area contributed by atoms with Gasteiger partial charge in [-0.25, -0.2) is 14.6 Å². The fraction of sp³-hybridized carbons (Fsp3) is 0.226. The molecule has 0 saturated carbocycles. The third-order valence-electron chi connectivity index (χ3n) is 6.95. The lowest BCUT2D eigenvalue weighted by Crippen LogP contribution is -2.43. The summed E-state index contributed by atoms with van der Waals surface area (Å²) in [5.74, 6) is -1.22. The Hall–Kier alpha value is -4.66. The number of thiocarbonyl (C=S) groups is 1. The number of carbonyl (C=O) groups excluding carboxylic acids is 2. The Labute approximate surface area is 257 Å². The summed E-state index contributed by atoms with van der Waals surface area (Å²) in [5.41, 5.74) is 7.73. The minimum atomic E-state index is -1.58. The maximum absolute atomic E-state index is 13.6. The molecule has 0 bridgehead atoms. The number of rotatable bonds is 9. The van der Waals surface area contributed by atoms with Gasteiger partial charge in [-0.15, -0.1) is 0 Å². The topological polar surface area (TPSA) is 170 Å². The SMILES string of the molecule is NC(=S)N(C(=O)OCc1ccccc1)c1nc(C(=O)OC(c2ccccc2)c2ccccc2)cn1[C@@H]1O[C@H](CO)[C@@H](O)[C@H]1O. The number of nitrogens with two attached hydrogens (primary N) is 1. The minimum absolute atomic E-state index is 0.127. The second-order valence-electron chi connectivity index (χ2n) is 9.88. The van der Waals surface area contributed by atoms with Crippen LogP contribution in [0.1, 0.15) is 39.5 Å². The molecule has 4 aromatic rings. The standard InChI is InChI=1S/C31H30N4O8S/c32-29(44)35(31(40)41-18-19-10-4-1-5-11-19)30-33-22(16-34(30)27-25(38)24(37)23(17-36)42-27)28(39)43-26(20-12-6-2-7-13-20)21-14-8-3-9-15-21/h1-16,23-27,36-38H,17-18H2,(H2,32,44)/t23-,24-,25-,27-/m1/s1. The molecule has 1 fully saturated rings. The van der Waals surface area contributed by atoms with Gasteiger partial charge in [0, 0.05) is 6.20 Å². The van der Waals surface area contributed by atoms with Crippen LogP contribution in [0.15, 0.2) is 97.2 Å². The monoisotopic (exact) mass is 618 g/mol. The van der Waals surface area contributed by atoms with Crippen molar-refractivity contribution in [1.29, 1.82) is 0 Å². The van der Waals surface area contributed by atoms with E-state index in [1.165, 1.54) is 6.20 Å². The first kappa shape index (κ1) is 30.8. The number of aromatic nitrogens is 2. The van der Waals surface area contributed by atoms with Gasteiger partial charge in [-0.3, -0.25) is 4.57 Å². The van der Waals surface area contributed by atoms with Crippen molar-refractivity contribution in [2.24, 2.45) is 5.73 Å². The summed E-state index contributed by atoms with van der Waals surface area (Å²) in [5, 5.41) is 30.4. The van der Waals surface area contributed by atoms with Gasteiger partial charge in [-0.2, -0.15) is 4.90 Å². The molecule has 228 valence electrons. The van der Waals surface area contributed by atoms with E-state index in [2.05, 4.69) is 4.98 Å². The van der Waals surface area contributed by atoms with Crippen molar-refractivity contribution >= 4 is 35.3 Å². The average Bonchev–Trinajstić information content (AvgIpc) is 3.60. The highest BCUT2D eigenvalue weighted by Gasteiger charge is 2.45. The van der Waals surface area contributed by atoms with Gasteiger partial charge < -0.3 is 35.3 Å². The van der Waals surface area contributed by atoms with Crippen molar-refractivity contribution in [2.45, 2.75) is 37.3 Å². The molecule has 0 spiro atoms. The van der Waals surface area contributed by atoms with Crippen LogP contribution in [-0.4, -0.2) is 67.0 Å². The number of imidazole rings is 1. The van der Waals surface area contributed by atoms with E-state index in [9.17, 15) is 24.9 Å². The van der Waals surface area contributed by atoms with Crippen molar-refractivity contribution in [2.75, 3.05) is 11.5 Å². The zero-order chi connectivity index (χ0) is 31.2. The summed E-state index contributed by atoms with van der Waals surface area (Å²) in [6.07, 6.45) is -6.28. The van der Waals surface area contributed by atoms with E-state index >= 15 is 0 Å². The molecule has 2 heterocycles. The Morgan fingerprint density at radius 1 is 0.955 bits per heavy atom. The van der Waals surface area contributed by atoms with Crippen LogP contribution in [0, 0.1) is 0 Å².